The van der Waals surface area contributed by atoms with Crippen LogP contribution in [0.3, 0.4) is 0 Å². The Morgan fingerprint density at radius 3 is 1.31 bits per heavy atom. The summed E-state index contributed by atoms with van der Waals surface area (Å²) >= 11 is 0. The molecule has 0 saturated heterocycles. The fourth-order valence-electron chi connectivity index (χ4n) is 7.83. The van der Waals surface area contributed by atoms with Crippen LogP contribution in [0, 0.1) is 0 Å². The van der Waals surface area contributed by atoms with Gasteiger partial charge in [0, 0.05) is 6.42 Å². The van der Waals surface area contributed by atoms with E-state index < -0.39 is 20.0 Å². The SMILES string of the molecule is CC/C=C\C/C=C\C/C=C\C/C=C\C/C=C\C/C=C\CCCCCCCCCCCCCCCCC(=O)NC(COP(=O)(O)OCC[N+](C)(C)C)C(O)/C=C/CC/C=C/CCCCCCCCCCC. The van der Waals surface area contributed by atoms with E-state index in [1.165, 1.54) is 135 Å². The highest BCUT2D eigenvalue weighted by molar-refractivity contribution is 7.47. The number of quaternary nitrogens is 1. The lowest BCUT2D eigenvalue weighted by molar-refractivity contribution is -0.870. The van der Waals surface area contributed by atoms with Crippen LogP contribution in [0.5, 0.6) is 0 Å². The third-order valence-corrected chi connectivity index (χ3v) is 13.3. The van der Waals surface area contributed by atoms with Crippen molar-refractivity contribution in [1.82, 2.24) is 5.32 Å². The van der Waals surface area contributed by atoms with Gasteiger partial charge in [-0.05, 0) is 83.5 Å². The normalized spacial score (nSPS) is 14.7. The number of carbonyl (C=O) groups is 1. The summed E-state index contributed by atoms with van der Waals surface area (Å²) in [5, 5.41) is 13.9. The molecule has 1 amide bonds. The number of phosphoric ester groups is 1. The summed E-state index contributed by atoms with van der Waals surface area (Å²) in [6, 6.07) is -0.868. The average Bonchev–Trinajstić information content (AvgIpc) is 3.32. The van der Waals surface area contributed by atoms with Crippen LogP contribution >= 0.6 is 7.82 Å². The van der Waals surface area contributed by atoms with Crippen LogP contribution in [0.4, 0.5) is 0 Å². The standard InChI is InChI=1S/C61H109N2O6P/c1-6-8-10-12-14-16-18-20-22-23-24-25-26-27-28-29-30-31-32-33-34-35-36-37-38-39-41-43-45-47-49-51-53-55-61(65)62-59(58-69-70(66,67)68-57-56-63(3,4)5)60(64)54-52-50-48-46-44-42-40-21-19-17-15-13-11-9-7-2/h8,10,14,16,20,22,24-25,27-28,30-31,44,46,52,54,59-60,64H,6-7,9,11-13,15,17-19,21,23,26,29,32-43,45,47-51,53,55-58H2,1-5H3,(H-,62,65,66,67)/p+1/b10-8-,16-14-,22-20-,25-24-,28-27-,31-30-,46-44+,54-52+. The number of unbranched alkanes of at least 4 members (excludes halogenated alkanes) is 24. The van der Waals surface area contributed by atoms with E-state index in [-0.39, 0.29) is 19.1 Å². The van der Waals surface area contributed by atoms with Crippen LogP contribution < -0.4 is 5.32 Å². The van der Waals surface area contributed by atoms with Crippen LogP contribution in [0.1, 0.15) is 232 Å². The van der Waals surface area contributed by atoms with Gasteiger partial charge in [0.25, 0.3) is 0 Å². The molecule has 0 spiro atoms. The number of carbonyl (C=O) groups excluding carboxylic acids is 1. The lowest BCUT2D eigenvalue weighted by atomic mass is 10.0. The van der Waals surface area contributed by atoms with Crippen LogP contribution in [0.15, 0.2) is 97.2 Å². The molecule has 0 bridgehead atoms. The maximum absolute atomic E-state index is 13.0. The van der Waals surface area contributed by atoms with Crippen LogP contribution in [0.2, 0.25) is 0 Å². The lowest BCUT2D eigenvalue weighted by Crippen LogP contribution is -2.45. The van der Waals surface area contributed by atoms with Crippen molar-refractivity contribution in [3.8, 4) is 0 Å². The molecular formula is C61H110N2O6P+. The molecular weight excluding hydrogens is 888 g/mol. The van der Waals surface area contributed by atoms with Crippen molar-refractivity contribution < 1.29 is 32.9 Å². The Morgan fingerprint density at radius 1 is 0.500 bits per heavy atom. The van der Waals surface area contributed by atoms with E-state index in [1.54, 1.807) is 6.08 Å². The Balaban J connectivity index is 4.14. The number of aliphatic hydroxyl groups excluding tert-OH is 1. The molecule has 0 saturated carbocycles. The predicted molar refractivity (Wildman–Crippen MR) is 304 cm³/mol. The monoisotopic (exact) mass is 998 g/mol. The highest BCUT2D eigenvalue weighted by Gasteiger charge is 2.27. The Labute approximate surface area is 432 Å². The number of likely N-dealkylation sites (N-methyl/N-ethyl adjacent to an activating group) is 1. The first kappa shape index (κ1) is 67.4. The smallest absolute Gasteiger partial charge is 0.387 e. The van der Waals surface area contributed by atoms with Gasteiger partial charge < -0.3 is 19.8 Å². The molecule has 0 aromatic carbocycles. The first-order valence-electron chi connectivity index (χ1n) is 28.6. The number of aliphatic hydroxyl groups is 1. The van der Waals surface area contributed by atoms with E-state index in [9.17, 15) is 19.4 Å². The highest BCUT2D eigenvalue weighted by atomic mass is 31.2. The predicted octanol–water partition coefficient (Wildman–Crippen LogP) is 17.4. The van der Waals surface area contributed by atoms with E-state index in [2.05, 4.69) is 104 Å². The molecule has 0 aromatic heterocycles. The number of phosphoric acid groups is 1. The second-order valence-electron chi connectivity index (χ2n) is 20.3. The van der Waals surface area contributed by atoms with E-state index in [4.69, 9.17) is 9.05 Å². The molecule has 0 aliphatic carbocycles. The van der Waals surface area contributed by atoms with Crippen LogP contribution in [0.25, 0.3) is 0 Å². The van der Waals surface area contributed by atoms with Gasteiger partial charge in [-0.3, -0.25) is 13.8 Å². The zero-order valence-electron chi connectivity index (χ0n) is 46.0. The van der Waals surface area contributed by atoms with Gasteiger partial charge in [0.2, 0.25) is 5.91 Å². The molecule has 0 aliphatic heterocycles. The van der Waals surface area contributed by atoms with Crippen LogP contribution in [-0.2, 0) is 18.4 Å². The third kappa shape index (κ3) is 53.2. The van der Waals surface area contributed by atoms with Gasteiger partial charge >= 0.3 is 7.82 Å². The molecule has 70 heavy (non-hydrogen) atoms. The van der Waals surface area contributed by atoms with E-state index in [0.29, 0.717) is 17.4 Å². The number of hydrogen-bond donors (Lipinski definition) is 3. The quantitative estimate of drug-likeness (QED) is 0.0243. The molecule has 8 nitrogen and oxygen atoms in total. The summed E-state index contributed by atoms with van der Waals surface area (Å²) in [5.74, 6) is -0.191. The van der Waals surface area contributed by atoms with Crippen molar-refractivity contribution in [2.45, 2.75) is 244 Å². The molecule has 0 aromatic rings. The zero-order chi connectivity index (χ0) is 51.3. The van der Waals surface area contributed by atoms with E-state index in [0.717, 1.165) is 77.0 Å². The zero-order valence-corrected chi connectivity index (χ0v) is 46.9. The third-order valence-electron chi connectivity index (χ3n) is 12.3. The number of hydrogen-bond acceptors (Lipinski definition) is 5. The molecule has 0 rings (SSSR count). The summed E-state index contributed by atoms with van der Waals surface area (Å²) in [4.78, 5) is 23.3. The molecule has 3 N–H and O–H groups in total. The Morgan fingerprint density at radius 2 is 0.871 bits per heavy atom. The van der Waals surface area contributed by atoms with E-state index >= 15 is 0 Å². The molecule has 9 heteroatoms. The summed E-state index contributed by atoms with van der Waals surface area (Å²) in [6.45, 7) is 4.67. The molecule has 0 radical (unpaired) electrons. The van der Waals surface area contributed by atoms with Gasteiger partial charge in [-0.15, -0.1) is 0 Å². The number of allylic oxidation sites excluding steroid dienone is 15. The maximum Gasteiger partial charge on any atom is 0.472 e. The maximum atomic E-state index is 13.0. The topological polar surface area (TPSA) is 105 Å². The summed E-state index contributed by atoms with van der Waals surface area (Å²) in [7, 11) is 1.55. The first-order valence-corrected chi connectivity index (χ1v) is 30.1. The number of amides is 1. The second-order valence-corrected chi connectivity index (χ2v) is 21.7. The van der Waals surface area contributed by atoms with Gasteiger partial charge in [-0.1, -0.05) is 239 Å². The lowest BCUT2D eigenvalue weighted by Gasteiger charge is -2.25. The van der Waals surface area contributed by atoms with Gasteiger partial charge in [-0.2, -0.15) is 0 Å². The highest BCUT2D eigenvalue weighted by Crippen LogP contribution is 2.43. The Bertz CT molecular complexity index is 1460. The minimum atomic E-state index is -4.36. The molecule has 0 fully saturated rings. The number of nitrogens with one attached hydrogen (secondary N) is 1. The van der Waals surface area contributed by atoms with Crippen molar-refractivity contribution in [3.05, 3.63) is 97.2 Å². The summed E-state index contributed by atoms with van der Waals surface area (Å²) in [6.07, 6.45) is 73.7. The van der Waals surface area contributed by atoms with Crippen molar-refractivity contribution in [3.63, 3.8) is 0 Å². The first-order chi connectivity index (χ1) is 34.0. The summed E-state index contributed by atoms with van der Waals surface area (Å²) in [5.41, 5.74) is 0. The average molecular weight is 999 g/mol. The van der Waals surface area contributed by atoms with Crippen molar-refractivity contribution in [2.75, 3.05) is 40.9 Å². The molecule has 0 aliphatic rings. The summed E-state index contributed by atoms with van der Waals surface area (Å²) < 4.78 is 23.7. The minimum Gasteiger partial charge on any atom is -0.387 e. The second kappa shape index (κ2) is 51.3. The van der Waals surface area contributed by atoms with Gasteiger partial charge in [-0.25, -0.2) is 4.57 Å². The fraction of sp³-hybridized carbons (Fsp3) is 0.721. The van der Waals surface area contributed by atoms with Gasteiger partial charge in [0.15, 0.2) is 0 Å². The number of nitrogens with zero attached hydrogens (tertiary/aromatic N) is 1. The van der Waals surface area contributed by atoms with Crippen molar-refractivity contribution >= 4 is 13.7 Å². The largest absolute Gasteiger partial charge is 0.472 e. The van der Waals surface area contributed by atoms with E-state index in [1.807, 2.05) is 27.2 Å². The Kier molecular flexibility index (Phi) is 49.4. The van der Waals surface area contributed by atoms with Crippen molar-refractivity contribution in [2.24, 2.45) is 0 Å². The molecule has 0 heterocycles. The van der Waals surface area contributed by atoms with Gasteiger partial charge in [0.1, 0.15) is 13.2 Å². The number of rotatable bonds is 51. The molecule has 3 unspecified atom stereocenters. The van der Waals surface area contributed by atoms with Crippen molar-refractivity contribution in [1.29, 1.82) is 0 Å². The molecule has 3 atom stereocenters. The van der Waals surface area contributed by atoms with Crippen LogP contribution in [-0.4, -0.2) is 73.4 Å². The minimum absolute atomic E-state index is 0.0527. The van der Waals surface area contributed by atoms with Gasteiger partial charge in [0.05, 0.1) is 39.9 Å². The fourth-order valence-corrected chi connectivity index (χ4v) is 8.56. The molecule has 404 valence electrons. The Hall–Kier alpha value is -2.58.